The van der Waals surface area contributed by atoms with Gasteiger partial charge in [0, 0.05) is 6.54 Å². The van der Waals surface area contributed by atoms with Crippen LogP contribution in [0.3, 0.4) is 0 Å². The van der Waals surface area contributed by atoms with Crippen molar-refractivity contribution < 1.29 is 13.9 Å². The summed E-state index contributed by atoms with van der Waals surface area (Å²) in [5, 5.41) is 2.70. The van der Waals surface area contributed by atoms with Gasteiger partial charge in [0.1, 0.15) is 0 Å². The molecule has 1 aliphatic rings. The van der Waals surface area contributed by atoms with E-state index in [-0.39, 0.29) is 12.0 Å². The molecule has 70 valence electrons. The van der Waals surface area contributed by atoms with Crippen LogP contribution in [0, 0.1) is 0 Å². The number of carbonyl (C=O) groups excluding carboxylic acids is 1. The summed E-state index contributed by atoms with van der Waals surface area (Å²) in [6, 6.07) is 3.30. The van der Waals surface area contributed by atoms with Crippen LogP contribution in [-0.4, -0.2) is 25.2 Å². The van der Waals surface area contributed by atoms with Gasteiger partial charge >= 0.3 is 0 Å². The van der Waals surface area contributed by atoms with E-state index >= 15 is 0 Å². The van der Waals surface area contributed by atoms with Crippen LogP contribution in [0.25, 0.3) is 0 Å². The quantitative estimate of drug-likeness (QED) is 0.814. The minimum atomic E-state index is -0.207. The molecule has 2 rings (SSSR count). The first kappa shape index (κ1) is 8.77. The Morgan fingerprint density at radius 1 is 1.69 bits per heavy atom. The van der Waals surface area contributed by atoms with Crippen LogP contribution >= 0.6 is 15.9 Å². The monoisotopic (exact) mass is 245 g/mol. The van der Waals surface area contributed by atoms with Crippen molar-refractivity contribution in [1.82, 2.24) is 5.32 Å². The molecule has 1 aliphatic heterocycles. The number of halogens is 1. The van der Waals surface area contributed by atoms with E-state index in [0.717, 1.165) is 6.61 Å². The zero-order valence-corrected chi connectivity index (χ0v) is 8.33. The molecule has 5 heteroatoms. The van der Waals surface area contributed by atoms with Crippen LogP contribution < -0.4 is 5.32 Å². The Kier molecular flexibility index (Phi) is 2.37. The molecule has 0 spiro atoms. The lowest BCUT2D eigenvalue weighted by molar-refractivity contribution is 0.0921. The Morgan fingerprint density at radius 3 is 3.00 bits per heavy atom. The highest BCUT2D eigenvalue weighted by Gasteiger charge is 2.23. The van der Waals surface area contributed by atoms with E-state index < -0.39 is 0 Å². The summed E-state index contributed by atoms with van der Waals surface area (Å²) >= 11 is 3.12. The van der Waals surface area contributed by atoms with Crippen LogP contribution in [0.5, 0.6) is 0 Å². The first-order valence-corrected chi connectivity index (χ1v) is 4.70. The summed E-state index contributed by atoms with van der Waals surface area (Å²) < 4.78 is 10.6. The second-order valence-electron chi connectivity index (χ2n) is 2.77. The number of carbonyl (C=O) groups is 1. The molecule has 1 fully saturated rings. The molecule has 1 aromatic rings. The number of hydrogen-bond donors (Lipinski definition) is 1. The number of amides is 1. The van der Waals surface area contributed by atoms with Crippen LogP contribution in [0.4, 0.5) is 0 Å². The molecule has 1 aromatic heterocycles. The molecule has 1 amide bonds. The maximum Gasteiger partial charge on any atom is 0.287 e. The molecule has 1 saturated heterocycles. The Bertz CT molecular complexity index is 319. The highest BCUT2D eigenvalue weighted by molar-refractivity contribution is 9.10. The summed E-state index contributed by atoms with van der Waals surface area (Å²) in [5.41, 5.74) is 0. The SMILES string of the molecule is O=C(NCC1CO1)c1ccc(Br)o1. The largest absolute Gasteiger partial charge is 0.444 e. The molecular weight excluding hydrogens is 238 g/mol. The lowest BCUT2D eigenvalue weighted by Crippen LogP contribution is -2.26. The molecule has 0 radical (unpaired) electrons. The van der Waals surface area contributed by atoms with Crippen molar-refractivity contribution in [2.45, 2.75) is 6.10 Å². The van der Waals surface area contributed by atoms with Crippen molar-refractivity contribution in [3.8, 4) is 0 Å². The topological polar surface area (TPSA) is 54.8 Å². The third-order valence-electron chi connectivity index (χ3n) is 1.69. The van der Waals surface area contributed by atoms with Crippen molar-refractivity contribution in [2.75, 3.05) is 13.2 Å². The molecule has 0 aromatic carbocycles. The molecule has 2 heterocycles. The number of ether oxygens (including phenoxy) is 1. The Labute approximate surface area is 83.4 Å². The fourth-order valence-corrected chi connectivity index (χ4v) is 1.22. The van der Waals surface area contributed by atoms with Gasteiger partial charge in [-0.25, -0.2) is 0 Å². The molecule has 0 saturated carbocycles. The Balaban J connectivity index is 1.88. The number of furan rings is 1. The number of epoxide rings is 1. The van der Waals surface area contributed by atoms with E-state index in [1.54, 1.807) is 12.1 Å². The fraction of sp³-hybridized carbons (Fsp3) is 0.375. The Morgan fingerprint density at radius 2 is 2.46 bits per heavy atom. The van der Waals surface area contributed by atoms with Crippen LogP contribution in [0.1, 0.15) is 10.6 Å². The molecule has 1 N–H and O–H groups in total. The van der Waals surface area contributed by atoms with Gasteiger partial charge in [0.25, 0.3) is 5.91 Å². The highest BCUT2D eigenvalue weighted by atomic mass is 79.9. The number of nitrogens with one attached hydrogen (secondary N) is 1. The first-order chi connectivity index (χ1) is 6.25. The molecule has 0 aliphatic carbocycles. The third kappa shape index (κ3) is 2.32. The van der Waals surface area contributed by atoms with Crippen molar-refractivity contribution >= 4 is 21.8 Å². The fourth-order valence-electron chi connectivity index (χ4n) is 0.916. The lowest BCUT2D eigenvalue weighted by Gasteiger charge is -1.98. The van der Waals surface area contributed by atoms with Gasteiger partial charge in [-0.2, -0.15) is 0 Å². The van der Waals surface area contributed by atoms with E-state index in [0.29, 0.717) is 17.0 Å². The van der Waals surface area contributed by atoms with Crippen molar-refractivity contribution in [2.24, 2.45) is 0 Å². The number of hydrogen-bond acceptors (Lipinski definition) is 3. The standard InChI is InChI=1S/C8H8BrNO3/c9-7-2-1-6(13-7)8(11)10-3-5-4-12-5/h1-2,5H,3-4H2,(H,10,11). The van der Waals surface area contributed by atoms with Gasteiger partial charge in [-0.05, 0) is 28.1 Å². The number of rotatable bonds is 3. The third-order valence-corrected chi connectivity index (χ3v) is 2.12. The first-order valence-electron chi connectivity index (χ1n) is 3.91. The molecule has 4 nitrogen and oxygen atoms in total. The van der Waals surface area contributed by atoms with Crippen molar-refractivity contribution in [3.05, 3.63) is 22.6 Å². The molecule has 0 bridgehead atoms. The molecule has 1 atom stereocenters. The maximum atomic E-state index is 11.3. The van der Waals surface area contributed by atoms with E-state index in [1.807, 2.05) is 0 Å². The second kappa shape index (κ2) is 3.51. The zero-order chi connectivity index (χ0) is 9.26. The van der Waals surface area contributed by atoms with E-state index in [4.69, 9.17) is 9.15 Å². The summed E-state index contributed by atoms with van der Waals surface area (Å²) in [5.74, 6) is 0.105. The summed E-state index contributed by atoms with van der Waals surface area (Å²) in [4.78, 5) is 11.3. The Hall–Kier alpha value is -0.810. The van der Waals surface area contributed by atoms with Crippen molar-refractivity contribution in [3.63, 3.8) is 0 Å². The average Bonchev–Trinajstić information content (AvgIpc) is 2.84. The smallest absolute Gasteiger partial charge is 0.287 e. The summed E-state index contributed by atoms with van der Waals surface area (Å²) in [6.07, 6.45) is 0.197. The van der Waals surface area contributed by atoms with Gasteiger partial charge in [0.2, 0.25) is 0 Å². The van der Waals surface area contributed by atoms with Crippen LogP contribution in [0.2, 0.25) is 0 Å². The molecule has 13 heavy (non-hydrogen) atoms. The predicted octanol–water partition coefficient (Wildman–Crippen LogP) is 1.17. The van der Waals surface area contributed by atoms with Crippen molar-refractivity contribution in [1.29, 1.82) is 0 Å². The van der Waals surface area contributed by atoms with Gasteiger partial charge in [-0.3, -0.25) is 4.79 Å². The van der Waals surface area contributed by atoms with Crippen LogP contribution in [0.15, 0.2) is 21.2 Å². The average molecular weight is 246 g/mol. The minimum Gasteiger partial charge on any atom is -0.444 e. The maximum absolute atomic E-state index is 11.3. The predicted molar refractivity (Wildman–Crippen MR) is 48.5 cm³/mol. The van der Waals surface area contributed by atoms with Gasteiger partial charge < -0.3 is 14.5 Å². The normalized spacial score (nSPS) is 19.9. The van der Waals surface area contributed by atoms with E-state index in [9.17, 15) is 4.79 Å². The van der Waals surface area contributed by atoms with Gasteiger partial charge in [0.05, 0.1) is 12.7 Å². The minimum absolute atomic E-state index is 0.197. The van der Waals surface area contributed by atoms with E-state index in [1.165, 1.54) is 0 Å². The second-order valence-corrected chi connectivity index (χ2v) is 3.55. The lowest BCUT2D eigenvalue weighted by atomic mass is 10.4. The summed E-state index contributed by atoms with van der Waals surface area (Å²) in [6.45, 7) is 1.29. The molecular formula is C8H8BrNO3. The molecule has 1 unspecified atom stereocenters. The summed E-state index contributed by atoms with van der Waals surface area (Å²) in [7, 11) is 0. The zero-order valence-electron chi connectivity index (χ0n) is 6.75. The van der Waals surface area contributed by atoms with Gasteiger partial charge in [0.15, 0.2) is 10.4 Å². The van der Waals surface area contributed by atoms with E-state index in [2.05, 4.69) is 21.2 Å². The van der Waals surface area contributed by atoms with Crippen LogP contribution in [-0.2, 0) is 4.74 Å². The van der Waals surface area contributed by atoms with Gasteiger partial charge in [-0.1, -0.05) is 0 Å². The van der Waals surface area contributed by atoms with Gasteiger partial charge in [-0.15, -0.1) is 0 Å². The highest BCUT2D eigenvalue weighted by Crippen LogP contribution is 2.14.